The minimum Gasteiger partial charge on any atom is -0.206 e. The average molecular weight is 285 g/mol. The summed E-state index contributed by atoms with van der Waals surface area (Å²) in [7, 11) is 0. The number of halogens is 5. The first-order valence-corrected chi connectivity index (χ1v) is 5.41. The Morgan fingerprint density at radius 3 is 2.33 bits per heavy atom. The number of hydrogen-bond acceptors (Lipinski definition) is 0. The molecule has 0 heterocycles. The van der Waals surface area contributed by atoms with Gasteiger partial charge in [0.25, 0.3) is 0 Å². The van der Waals surface area contributed by atoms with Gasteiger partial charge in [-0.25, -0.2) is 4.39 Å². The van der Waals surface area contributed by atoms with Crippen LogP contribution < -0.4 is 0 Å². The summed E-state index contributed by atoms with van der Waals surface area (Å²) >= 11 is 3.19. The van der Waals surface area contributed by atoms with Gasteiger partial charge in [-0.2, -0.15) is 13.2 Å². The fraction of sp³-hybridized carbons (Fsp3) is 0.400. The number of benzene rings is 1. The highest BCUT2D eigenvalue weighted by molar-refractivity contribution is 9.09. The van der Waals surface area contributed by atoms with Crippen LogP contribution in [0.2, 0.25) is 0 Å². The summed E-state index contributed by atoms with van der Waals surface area (Å²) in [5.41, 5.74) is -0.662. The van der Waals surface area contributed by atoms with Crippen LogP contribution in [0.3, 0.4) is 0 Å². The van der Waals surface area contributed by atoms with Crippen molar-refractivity contribution in [2.45, 2.75) is 19.0 Å². The molecule has 0 amide bonds. The van der Waals surface area contributed by atoms with Crippen molar-refractivity contribution < 1.29 is 17.6 Å². The van der Waals surface area contributed by atoms with E-state index in [4.69, 9.17) is 0 Å². The molecule has 0 saturated carbocycles. The van der Waals surface area contributed by atoms with Crippen molar-refractivity contribution >= 4 is 15.9 Å². The maximum absolute atomic E-state index is 13.1. The Hall–Kier alpha value is -0.580. The van der Waals surface area contributed by atoms with Gasteiger partial charge >= 0.3 is 6.18 Å². The summed E-state index contributed by atoms with van der Waals surface area (Å²) in [4.78, 5) is 0. The average Bonchev–Trinajstić information content (AvgIpc) is 2.14. The largest absolute Gasteiger partial charge is 0.419 e. The molecule has 0 aromatic heterocycles. The summed E-state index contributed by atoms with van der Waals surface area (Å²) in [6.07, 6.45) is -4.62. The monoisotopic (exact) mass is 284 g/mol. The van der Waals surface area contributed by atoms with Crippen LogP contribution in [0.1, 0.15) is 24.0 Å². The van der Waals surface area contributed by atoms with E-state index in [1.807, 2.05) is 0 Å². The second kappa shape index (κ2) is 4.51. The van der Waals surface area contributed by atoms with Crippen LogP contribution in [0.4, 0.5) is 17.6 Å². The van der Waals surface area contributed by atoms with Gasteiger partial charge in [0, 0.05) is 5.33 Å². The van der Waals surface area contributed by atoms with Gasteiger partial charge in [0.1, 0.15) is 5.82 Å². The highest BCUT2D eigenvalue weighted by Crippen LogP contribution is 2.32. The molecule has 0 bridgehead atoms. The zero-order valence-electron chi connectivity index (χ0n) is 7.91. The summed E-state index contributed by atoms with van der Waals surface area (Å²) in [6.45, 7) is 1.80. The minimum absolute atomic E-state index is 0.0122. The molecule has 0 aliphatic heterocycles. The van der Waals surface area contributed by atoms with E-state index in [0.29, 0.717) is 10.9 Å². The van der Waals surface area contributed by atoms with E-state index in [0.717, 1.165) is 12.1 Å². The Kier molecular flexibility index (Phi) is 3.76. The standard InChI is InChI=1S/C10H9BrF4/c1-6(5-11)7-2-3-8(9(12)4-7)10(13,14)15/h2-4,6H,5H2,1H3. The molecule has 1 aromatic rings. The van der Waals surface area contributed by atoms with Gasteiger partial charge in [0.15, 0.2) is 0 Å². The van der Waals surface area contributed by atoms with Crippen molar-refractivity contribution in [3.05, 3.63) is 35.1 Å². The Balaban J connectivity index is 3.09. The molecular formula is C10H9BrF4. The first-order valence-electron chi connectivity index (χ1n) is 4.29. The van der Waals surface area contributed by atoms with E-state index in [1.54, 1.807) is 6.92 Å². The van der Waals surface area contributed by atoms with E-state index < -0.39 is 17.6 Å². The number of rotatable bonds is 2. The quantitative estimate of drug-likeness (QED) is 0.560. The third-order valence-electron chi connectivity index (χ3n) is 2.10. The fourth-order valence-corrected chi connectivity index (χ4v) is 1.53. The van der Waals surface area contributed by atoms with Crippen molar-refractivity contribution in [1.29, 1.82) is 0 Å². The zero-order valence-corrected chi connectivity index (χ0v) is 9.49. The van der Waals surface area contributed by atoms with E-state index in [1.165, 1.54) is 6.07 Å². The predicted octanol–water partition coefficient (Wildman–Crippen LogP) is 4.34. The summed E-state index contributed by atoms with van der Waals surface area (Å²) in [5, 5.41) is 0.581. The van der Waals surface area contributed by atoms with Gasteiger partial charge in [-0.3, -0.25) is 0 Å². The molecule has 0 N–H and O–H groups in total. The van der Waals surface area contributed by atoms with Crippen LogP contribution in [-0.4, -0.2) is 5.33 Å². The SMILES string of the molecule is CC(CBr)c1ccc(C(F)(F)F)c(F)c1. The smallest absolute Gasteiger partial charge is 0.206 e. The zero-order chi connectivity index (χ0) is 11.6. The Morgan fingerprint density at radius 2 is 1.93 bits per heavy atom. The van der Waals surface area contributed by atoms with Crippen LogP contribution in [0, 0.1) is 5.82 Å². The molecule has 0 aliphatic rings. The predicted molar refractivity (Wildman–Crippen MR) is 53.6 cm³/mol. The van der Waals surface area contributed by atoms with Gasteiger partial charge in [-0.1, -0.05) is 28.9 Å². The van der Waals surface area contributed by atoms with E-state index in [-0.39, 0.29) is 5.92 Å². The molecule has 1 rings (SSSR count). The molecule has 1 atom stereocenters. The molecule has 0 aliphatic carbocycles. The molecule has 15 heavy (non-hydrogen) atoms. The van der Waals surface area contributed by atoms with Crippen molar-refractivity contribution in [2.75, 3.05) is 5.33 Å². The third-order valence-corrected chi connectivity index (χ3v) is 3.07. The summed E-state index contributed by atoms with van der Waals surface area (Å²) < 4.78 is 49.7. The highest BCUT2D eigenvalue weighted by atomic mass is 79.9. The maximum Gasteiger partial charge on any atom is 0.419 e. The van der Waals surface area contributed by atoms with E-state index in [9.17, 15) is 17.6 Å². The van der Waals surface area contributed by atoms with Gasteiger partial charge in [0.2, 0.25) is 0 Å². The first kappa shape index (κ1) is 12.5. The number of hydrogen-bond donors (Lipinski definition) is 0. The van der Waals surface area contributed by atoms with Crippen molar-refractivity contribution in [3.63, 3.8) is 0 Å². The number of alkyl halides is 4. The Bertz CT molecular complexity index is 346. The third kappa shape index (κ3) is 2.93. The molecule has 5 heteroatoms. The van der Waals surface area contributed by atoms with Crippen molar-refractivity contribution in [3.8, 4) is 0 Å². The maximum atomic E-state index is 13.1. The normalized spacial score (nSPS) is 14.0. The molecule has 0 fully saturated rings. The van der Waals surface area contributed by atoms with Crippen LogP contribution >= 0.6 is 15.9 Å². The molecule has 1 unspecified atom stereocenters. The minimum atomic E-state index is -4.62. The second-order valence-electron chi connectivity index (χ2n) is 3.29. The van der Waals surface area contributed by atoms with E-state index >= 15 is 0 Å². The lowest BCUT2D eigenvalue weighted by molar-refractivity contribution is -0.140. The van der Waals surface area contributed by atoms with Gasteiger partial charge in [0.05, 0.1) is 5.56 Å². The highest BCUT2D eigenvalue weighted by Gasteiger charge is 2.33. The topological polar surface area (TPSA) is 0 Å². The molecule has 1 aromatic carbocycles. The summed E-state index contributed by atoms with van der Waals surface area (Å²) in [6, 6.07) is 3.02. The molecule has 0 spiro atoms. The first-order chi connectivity index (χ1) is 6.86. The van der Waals surface area contributed by atoms with Gasteiger partial charge < -0.3 is 0 Å². The van der Waals surface area contributed by atoms with Crippen LogP contribution in [0.5, 0.6) is 0 Å². The van der Waals surface area contributed by atoms with Crippen LogP contribution in [0.25, 0.3) is 0 Å². The lowest BCUT2D eigenvalue weighted by atomic mass is 10.0. The molecule has 0 saturated heterocycles. The van der Waals surface area contributed by atoms with Crippen LogP contribution in [0.15, 0.2) is 18.2 Å². The molecule has 0 radical (unpaired) electrons. The van der Waals surface area contributed by atoms with Gasteiger partial charge in [-0.05, 0) is 23.6 Å². The molecule has 0 nitrogen and oxygen atoms in total. The van der Waals surface area contributed by atoms with Crippen LogP contribution in [-0.2, 0) is 6.18 Å². The lowest BCUT2D eigenvalue weighted by Crippen LogP contribution is -2.09. The Morgan fingerprint density at radius 1 is 1.33 bits per heavy atom. The second-order valence-corrected chi connectivity index (χ2v) is 3.94. The molecule has 84 valence electrons. The fourth-order valence-electron chi connectivity index (χ4n) is 1.16. The van der Waals surface area contributed by atoms with Gasteiger partial charge in [-0.15, -0.1) is 0 Å². The van der Waals surface area contributed by atoms with Crippen molar-refractivity contribution in [2.24, 2.45) is 0 Å². The lowest BCUT2D eigenvalue weighted by Gasteiger charge is -2.12. The summed E-state index contributed by atoms with van der Waals surface area (Å²) in [5.74, 6) is -1.23. The Labute approximate surface area is 93.4 Å². The van der Waals surface area contributed by atoms with Crippen molar-refractivity contribution in [1.82, 2.24) is 0 Å². The van der Waals surface area contributed by atoms with E-state index in [2.05, 4.69) is 15.9 Å². The molecular weight excluding hydrogens is 276 g/mol.